The fourth-order valence-corrected chi connectivity index (χ4v) is 3.36. The third-order valence-corrected chi connectivity index (χ3v) is 5.38. The first-order valence-electron chi connectivity index (χ1n) is 9.76. The van der Waals surface area contributed by atoms with Crippen molar-refractivity contribution < 1.29 is 9.53 Å². The number of rotatable bonds is 7. The van der Waals surface area contributed by atoms with E-state index in [0.29, 0.717) is 27.4 Å². The minimum Gasteiger partial charge on any atom is -0.455 e. The highest BCUT2D eigenvalue weighted by atomic mass is 35.5. The van der Waals surface area contributed by atoms with Gasteiger partial charge in [0.05, 0.1) is 10.5 Å². The van der Waals surface area contributed by atoms with E-state index in [1.165, 1.54) is 12.6 Å². The Morgan fingerprint density at radius 2 is 1.83 bits per heavy atom. The molecular weight excluding hydrogens is 402 g/mol. The summed E-state index contributed by atoms with van der Waals surface area (Å²) >= 11 is 6.32. The molecule has 2 aromatic carbocycles. The number of carbonyl (C=O) groups excluding carboxylic acids is 1. The van der Waals surface area contributed by atoms with E-state index in [0.717, 1.165) is 24.5 Å². The van der Waals surface area contributed by atoms with Gasteiger partial charge in [-0.3, -0.25) is 20.0 Å². The minimum absolute atomic E-state index is 0.273. The zero-order valence-corrected chi connectivity index (χ0v) is 18.1. The summed E-state index contributed by atoms with van der Waals surface area (Å²) in [6.07, 6.45) is 0. The van der Waals surface area contributed by atoms with Crippen molar-refractivity contribution in [1.29, 1.82) is 5.41 Å². The van der Waals surface area contributed by atoms with Crippen LogP contribution in [0.15, 0.2) is 42.5 Å². The maximum atomic E-state index is 12.5. The number of benzene rings is 2. The molecule has 158 valence electrons. The number of carbonyl (C=O) groups is 1. The quantitative estimate of drug-likeness (QED) is 0.384. The summed E-state index contributed by atoms with van der Waals surface area (Å²) in [6.45, 7) is 7.20. The predicted octanol–water partition coefficient (Wildman–Crippen LogP) is 4.42. The summed E-state index contributed by atoms with van der Waals surface area (Å²) in [4.78, 5) is 18.9. The van der Waals surface area contributed by atoms with Crippen LogP contribution >= 0.6 is 11.6 Å². The molecule has 1 amide bonds. The van der Waals surface area contributed by atoms with Gasteiger partial charge < -0.3 is 15.5 Å². The highest BCUT2D eigenvalue weighted by Crippen LogP contribution is 2.34. The monoisotopic (exact) mass is 427 g/mol. The summed E-state index contributed by atoms with van der Waals surface area (Å²) < 4.78 is 6.06. The molecule has 0 fully saturated rings. The van der Waals surface area contributed by atoms with E-state index in [9.17, 15) is 4.79 Å². The van der Waals surface area contributed by atoms with Crippen LogP contribution < -0.4 is 10.5 Å². The van der Waals surface area contributed by atoms with Crippen LogP contribution in [0.25, 0.3) is 10.9 Å². The van der Waals surface area contributed by atoms with Crippen molar-refractivity contribution in [2.75, 3.05) is 20.1 Å². The van der Waals surface area contributed by atoms with Gasteiger partial charge in [-0.15, -0.1) is 0 Å². The van der Waals surface area contributed by atoms with Crippen molar-refractivity contribution in [3.05, 3.63) is 58.7 Å². The van der Waals surface area contributed by atoms with Crippen LogP contribution in [0, 0.1) is 5.41 Å². The van der Waals surface area contributed by atoms with E-state index < -0.39 is 5.91 Å². The first-order valence-corrected chi connectivity index (χ1v) is 10.1. The van der Waals surface area contributed by atoms with E-state index in [-0.39, 0.29) is 11.7 Å². The zero-order valence-electron chi connectivity index (χ0n) is 17.3. The van der Waals surface area contributed by atoms with Gasteiger partial charge in [0.25, 0.3) is 5.91 Å². The number of nitrogens with zero attached hydrogens (tertiary/aromatic N) is 2. The number of hydrogen-bond acceptors (Lipinski definition) is 4. The predicted molar refractivity (Wildman–Crippen MR) is 120 cm³/mol. The van der Waals surface area contributed by atoms with Gasteiger partial charge >= 0.3 is 0 Å². The molecule has 0 saturated carbocycles. The Balaban J connectivity index is 1.87. The fraction of sp³-hybridized carbons (Fsp3) is 0.273. The van der Waals surface area contributed by atoms with Crippen LogP contribution in [0.2, 0.25) is 5.02 Å². The molecule has 1 aromatic heterocycles. The molecule has 0 aliphatic rings. The van der Waals surface area contributed by atoms with Gasteiger partial charge in [-0.05, 0) is 49.0 Å². The summed E-state index contributed by atoms with van der Waals surface area (Å²) in [5.74, 6) is 0.466. The number of aromatic nitrogens is 1. The van der Waals surface area contributed by atoms with Gasteiger partial charge in [-0.2, -0.15) is 0 Å². The van der Waals surface area contributed by atoms with E-state index >= 15 is 0 Å². The van der Waals surface area contributed by atoms with Gasteiger partial charge in [-0.1, -0.05) is 37.6 Å². The molecule has 1 heterocycles. The summed E-state index contributed by atoms with van der Waals surface area (Å²) in [7, 11) is 1.44. The molecule has 0 aliphatic carbocycles. The number of amides is 1. The number of guanidine groups is 1. The average Bonchev–Trinajstić information content (AvgIpc) is 3.20. The largest absolute Gasteiger partial charge is 0.455 e. The second-order valence-corrected chi connectivity index (χ2v) is 7.38. The lowest BCUT2D eigenvalue weighted by molar-refractivity contribution is 0.0864. The van der Waals surface area contributed by atoms with Crippen molar-refractivity contribution >= 4 is 34.4 Å². The highest BCUT2D eigenvalue weighted by molar-refractivity contribution is 6.35. The van der Waals surface area contributed by atoms with Crippen LogP contribution in [0.3, 0.4) is 0 Å². The Kier molecular flexibility index (Phi) is 6.64. The third kappa shape index (κ3) is 4.58. The van der Waals surface area contributed by atoms with Gasteiger partial charge in [0, 0.05) is 19.0 Å². The topological polar surface area (TPSA) is 98.4 Å². The molecule has 0 atom stereocenters. The van der Waals surface area contributed by atoms with Crippen molar-refractivity contribution in [3.63, 3.8) is 0 Å². The van der Waals surface area contributed by atoms with Crippen LogP contribution in [0.5, 0.6) is 11.5 Å². The van der Waals surface area contributed by atoms with Crippen molar-refractivity contribution in [1.82, 2.24) is 14.8 Å². The van der Waals surface area contributed by atoms with Crippen molar-refractivity contribution in [2.24, 2.45) is 5.73 Å². The molecule has 30 heavy (non-hydrogen) atoms. The van der Waals surface area contributed by atoms with E-state index in [1.54, 1.807) is 18.2 Å². The standard InChI is InChI=1S/C22H26ClN5O2/c1-4-28(5-2)13-14-6-8-15(9-7-14)30-19-11-10-17(23)16-12-18(26-20(16)19)21(29)27(3)22(24)25/h6-12,26H,4-5,13H2,1-3H3,(H3,24,25). The fourth-order valence-electron chi connectivity index (χ4n) is 3.14. The molecule has 0 bridgehead atoms. The highest BCUT2D eigenvalue weighted by Gasteiger charge is 2.19. The molecule has 3 rings (SSSR count). The van der Waals surface area contributed by atoms with E-state index in [4.69, 9.17) is 27.5 Å². The SMILES string of the molecule is CCN(CC)Cc1ccc(Oc2ccc(Cl)c3cc(C(=O)N(C)C(=N)N)[nH]c23)cc1. The Hall–Kier alpha value is -3.03. The van der Waals surface area contributed by atoms with Crippen LogP contribution in [0.4, 0.5) is 0 Å². The first kappa shape index (κ1) is 21.7. The number of hydrogen-bond donors (Lipinski definition) is 3. The molecule has 0 unspecified atom stereocenters. The van der Waals surface area contributed by atoms with Crippen LogP contribution in [-0.2, 0) is 6.54 Å². The summed E-state index contributed by atoms with van der Waals surface area (Å²) in [5, 5.41) is 8.60. The lowest BCUT2D eigenvalue weighted by Crippen LogP contribution is -2.38. The second-order valence-electron chi connectivity index (χ2n) is 6.97. The smallest absolute Gasteiger partial charge is 0.276 e. The Labute approximate surface area is 180 Å². The maximum absolute atomic E-state index is 12.5. The number of halogens is 1. The Bertz CT molecular complexity index is 1060. The molecular formula is C22H26ClN5O2. The maximum Gasteiger partial charge on any atom is 0.276 e. The lowest BCUT2D eigenvalue weighted by Gasteiger charge is -2.18. The zero-order chi connectivity index (χ0) is 21.8. The lowest BCUT2D eigenvalue weighted by atomic mass is 10.2. The van der Waals surface area contributed by atoms with Crippen LogP contribution in [-0.4, -0.2) is 46.8 Å². The molecule has 0 radical (unpaired) electrons. The van der Waals surface area contributed by atoms with Gasteiger partial charge in [0.1, 0.15) is 11.4 Å². The molecule has 0 saturated heterocycles. The Morgan fingerprint density at radius 3 is 2.43 bits per heavy atom. The van der Waals surface area contributed by atoms with E-state index in [1.807, 2.05) is 24.3 Å². The molecule has 7 nitrogen and oxygen atoms in total. The van der Waals surface area contributed by atoms with Crippen LogP contribution in [0.1, 0.15) is 29.9 Å². The number of aromatic amines is 1. The molecule has 4 N–H and O–H groups in total. The average molecular weight is 428 g/mol. The van der Waals surface area contributed by atoms with Crippen molar-refractivity contribution in [2.45, 2.75) is 20.4 Å². The number of nitrogens with two attached hydrogens (primary N) is 1. The molecule has 0 spiro atoms. The molecule has 8 heteroatoms. The first-order chi connectivity index (χ1) is 14.3. The van der Waals surface area contributed by atoms with E-state index in [2.05, 4.69) is 23.7 Å². The van der Waals surface area contributed by atoms with Crippen molar-refractivity contribution in [3.8, 4) is 11.5 Å². The molecule has 0 aliphatic heterocycles. The van der Waals surface area contributed by atoms with Gasteiger partial charge in [0.2, 0.25) is 0 Å². The van der Waals surface area contributed by atoms with Gasteiger partial charge in [0.15, 0.2) is 11.7 Å². The number of ether oxygens (including phenoxy) is 1. The molecule has 3 aromatic rings. The summed E-state index contributed by atoms with van der Waals surface area (Å²) in [6, 6.07) is 13.1. The number of nitrogens with one attached hydrogen (secondary N) is 2. The second kappa shape index (κ2) is 9.19. The number of H-pyrrole nitrogens is 1. The number of fused-ring (bicyclic) bond motifs is 1. The Morgan fingerprint density at radius 1 is 1.17 bits per heavy atom. The third-order valence-electron chi connectivity index (χ3n) is 5.05. The van der Waals surface area contributed by atoms with Gasteiger partial charge in [-0.25, -0.2) is 0 Å². The summed E-state index contributed by atoms with van der Waals surface area (Å²) in [5.41, 5.74) is 7.51. The minimum atomic E-state index is -0.429. The normalized spacial score (nSPS) is 11.1.